The number of hydrogen-bond acceptors (Lipinski definition) is 2. The Morgan fingerprint density at radius 3 is 1.82 bits per heavy atom. The zero-order chi connectivity index (χ0) is 17.4. The molecule has 0 saturated carbocycles. The van der Waals surface area contributed by atoms with E-state index in [9.17, 15) is 4.79 Å². The third-order valence-corrected chi connectivity index (χ3v) is 6.31. The molecule has 0 saturated heterocycles. The fourth-order valence-electron chi connectivity index (χ4n) is 2.00. The molecule has 0 unspecified atom stereocenters. The van der Waals surface area contributed by atoms with Gasteiger partial charge >= 0.3 is 5.97 Å². The lowest BCUT2D eigenvalue weighted by Gasteiger charge is -2.15. The molecule has 0 aromatic heterocycles. The fraction of sp³-hybridized carbons (Fsp3) is 0.588. The van der Waals surface area contributed by atoms with Gasteiger partial charge in [0.15, 0.2) is 0 Å². The predicted molar refractivity (Wildman–Crippen MR) is 100 cm³/mol. The normalized spacial score (nSPS) is 11.5. The monoisotopic (exact) mass is 340 g/mol. The van der Waals surface area contributed by atoms with Crippen molar-refractivity contribution in [2.24, 2.45) is 0 Å². The van der Waals surface area contributed by atoms with Crippen molar-refractivity contribution in [2.75, 3.05) is 0 Å². The van der Waals surface area contributed by atoms with E-state index in [1.54, 1.807) is 12.1 Å². The number of carbonyl (C=O) groups is 1. The highest BCUT2D eigenvalue weighted by Gasteiger charge is 2.13. The predicted octanol–water partition coefficient (Wildman–Crippen LogP) is 5.00. The SMILES string of the molecule is C[Si](C)(C)CCCC(=O)O.C[Si](C)(C)Cc1ccc(O)cc1. The zero-order valence-electron chi connectivity index (χ0n) is 14.9. The van der Waals surface area contributed by atoms with E-state index in [1.165, 1.54) is 11.6 Å². The highest BCUT2D eigenvalue weighted by atomic mass is 28.3. The lowest BCUT2D eigenvalue weighted by molar-refractivity contribution is -0.137. The van der Waals surface area contributed by atoms with Gasteiger partial charge in [0.25, 0.3) is 0 Å². The first-order chi connectivity index (χ1) is 9.89. The number of aromatic hydroxyl groups is 1. The van der Waals surface area contributed by atoms with Crippen molar-refractivity contribution < 1.29 is 15.0 Å². The van der Waals surface area contributed by atoms with Crippen LogP contribution in [0, 0.1) is 0 Å². The topological polar surface area (TPSA) is 57.5 Å². The minimum absolute atomic E-state index is 0.338. The molecule has 126 valence electrons. The number of phenols is 1. The van der Waals surface area contributed by atoms with Crippen molar-refractivity contribution in [2.45, 2.75) is 64.2 Å². The summed E-state index contributed by atoms with van der Waals surface area (Å²) in [6.45, 7) is 13.8. The zero-order valence-corrected chi connectivity index (χ0v) is 16.9. The van der Waals surface area contributed by atoms with Crippen LogP contribution in [-0.4, -0.2) is 32.3 Å². The Hall–Kier alpha value is -1.08. The molecular formula is C17H32O3Si2. The number of hydrogen-bond donors (Lipinski definition) is 2. The Bertz CT molecular complexity index is 442. The first-order valence-corrected chi connectivity index (χ1v) is 15.3. The second kappa shape index (κ2) is 9.15. The molecule has 0 bridgehead atoms. The molecule has 1 aromatic rings. The van der Waals surface area contributed by atoms with Crippen molar-refractivity contribution >= 4 is 22.1 Å². The van der Waals surface area contributed by atoms with Gasteiger partial charge in [0, 0.05) is 22.6 Å². The van der Waals surface area contributed by atoms with Crippen LogP contribution in [0.1, 0.15) is 18.4 Å². The second-order valence-corrected chi connectivity index (χ2v) is 19.3. The van der Waals surface area contributed by atoms with Crippen LogP contribution in [-0.2, 0) is 10.8 Å². The minimum Gasteiger partial charge on any atom is -0.508 e. The summed E-state index contributed by atoms with van der Waals surface area (Å²) < 4.78 is 0. The van der Waals surface area contributed by atoms with E-state index in [0.29, 0.717) is 12.2 Å². The van der Waals surface area contributed by atoms with Crippen LogP contribution in [0.4, 0.5) is 0 Å². The Morgan fingerprint density at radius 1 is 0.955 bits per heavy atom. The van der Waals surface area contributed by atoms with Gasteiger partial charge < -0.3 is 10.2 Å². The van der Waals surface area contributed by atoms with Crippen LogP contribution in [0.15, 0.2) is 24.3 Å². The Labute approximate surface area is 137 Å². The van der Waals surface area contributed by atoms with E-state index >= 15 is 0 Å². The summed E-state index contributed by atoms with van der Waals surface area (Å²) in [5.41, 5.74) is 1.34. The molecule has 0 aliphatic heterocycles. The lowest BCUT2D eigenvalue weighted by atomic mass is 10.2. The first kappa shape index (κ1) is 20.9. The van der Waals surface area contributed by atoms with Gasteiger partial charge in [-0.3, -0.25) is 4.79 Å². The average Bonchev–Trinajstić information content (AvgIpc) is 2.29. The van der Waals surface area contributed by atoms with Crippen molar-refractivity contribution in [3.8, 4) is 5.75 Å². The summed E-state index contributed by atoms with van der Waals surface area (Å²) in [6.07, 6.45) is 1.19. The van der Waals surface area contributed by atoms with Gasteiger partial charge in [-0.2, -0.15) is 0 Å². The molecule has 0 amide bonds. The molecule has 0 fully saturated rings. The maximum Gasteiger partial charge on any atom is 0.303 e. The van der Waals surface area contributed by atoms with Crippen LogP contribution in [0.5, 0.6) is 5.75 Å². The van der Waals surface area contributed by atoms with Crippen molar-refractivity contribution in [3.05, 3.63) is 29.8 Å². The molecule has 2 N–H and O–H groups in total. The molecule has 3 nitrogen and oxygen atoms in total. The number of phenolic OH excluding ortho intramolecular Hbond substituents is 1. The molecule has 0 atom stereocenters. The summed E-state index contributed by atoms with van der Waals surface area (Å²) in [6, 6.07) is 9.85. The molecule has 0 radical (unpaired) electrons. The van der Waals surface area contributed by atoms with E-state index < -0.39 is 22.1 Å². The fourth-order valence-corrected chi connectivity index (χ4v) is 4.69. The minimum atomic E-state index is -0.997. The Balaban J connectivity index is 0.000000409. The number of benzene rings is 1. The quantitative estimate of drug-likeness (QED) is 0.716. The standard InChI is InChI=1S/C10H16OSi.C7H16O2Si/c1-12(2,3)8-9-4-6-10(11)7-5-9;1-10(2,3)6-4-5-7(8)9/h4-7,11H,8H2,1-3H3;4-6H2,1-3H3,(H,8,9). The number of carboxylic acid groups (broad SMARTS) is 1. The molecule has 0 aliphatic carbocycles. The highest BCUT2D eigenvalue weighted by molar-refractivity contribution is 6.76. The maximum atomic E-state index is 10.1. The highest BCUT2D eigenvalue weighted by Crippen LogP contribution is 2.15. The third-order valence-electron chi connectivity index (χ3n) is 2.99. The van der Waals surface area contributed by atoms with Gasteiger partial charge in [-0.05, 0) is 24.6 Å². The molecule has 22 heavy (non-hydrogen) atoms. The summed E-state index contributed by atoms with van der Waals surface area (Å²) in [4.78, 5) is 10.1. The van der Waals surface area contributed by atoms with Gasteiger partial charge in [-0.25, -0.2) is 0 Å². The van der Waals surface area contributed by atoms with Crippen molar-refractivity contribution in [1.82, 2.24) is 0 Å². The summed E-state index contributed by atoms with van der Waals surface area (Å²) in [7, 11) is -1.98. The molecule has 1 rings (SSSR count). The molecule has 0 aliphatic rings. The van der Waals surface area contributed by atoms with Crippen LogP contribution in [0.2, 0.25) is 45.3 Å². The third kappa shape index (κ3) is 13.9. The van der Waals surface area contributed by atoms with Gasteiger partial charge in [0.1, 0.15) is 5.75 Å². The molecule has 0 heterocycles. The van der Waals surface area contributed by atoms with Crippen LogP contribution in [0.25, 0.3) is 0 Å². The first-order valence-electron chi connectivity index (χ1n) is 7.89. The Kier molecular flexibility index (Phi) is 8.70. The number of aliphatic carboxylic acids is 1. The average molecular weight is 341 g/mol. The van der Waals surface area contributed by atoms with Gasteiger partial charge in [0.2, 0.25) is 0 Å². The van der Waals surface area contributed by atoms with Gasteiger partial charge in [-0.15, -0.1) is 0 Å². The van der Waals surface area contributed by atoms with Gasteiger partial charge in [0.05, 0.1) is 0 Å². The molecule has 1 aromatic carbocycles. The smallest absolute Gasteiger partial charge is 0.303 e. The van der Waals surface area contributed by atoms with Crippen LogP contribution >= 0.6 is 0 Å². The van der Waals surface area contributed by atoms with Crippen LogP contribution in [0.3, 0.4) is 0 Å². The van der Waals surface area contributed by atoms with Gasteiger partial charge in [-0.1, -0.05) is 63.0 Å². The Morgan fingerprint density at radius 2 is 1.45 bits per heavy atom. The largest absolute Gasteiger partial charge is 0.508 e. The lowest BCUT2D eigenvalue weighted by Crippen LogP contribution is -2.23. The molecule has 5 heteroatoms. The van der Waals surface area contributed by atoms with E-state index in [0.717, 1.165) is 12.5 Å². The van der Waals surface area contributed by atoms with E-state index in [4.69, 9.17) is 10.2 Å². The van der Waals surface area contributed by atoms with E-state index in [1.807, 2.05) is 12.1 Å². The van der Waals surface area contributed by atoms with E-state index in [2.05, 4.69) is 39.3 Å². The van der Waals surface area contributed by atoms with E-state index in [-0.39, 0.29) is 0 Å². The maximum absolute atomic E-state index is 10.1. The summed E-state index contributed by atoms with van der Waals surface area (Å²) in [5.74, 6) is -0.312. The van der Waals surface area contributed by atoms with Crippen molar-refractivity contribution in [3.63, 3.8) is 0 Å². The number of carboxylic acids is 1. The molecule has 0 spiro atoms. The number of rotatable bonds is 6. The molecular weight excluding hydrogens is 308 g/mol. The van der Waals surface area contributed by atoms with Crippen LogP contribution < -0.4 is 0 Å². The van der Waals surface area contributed by atoms with Crippen molar-refractivity contribution in [1.29, 1.82) is 0 Å². The summed E-state index contributed by atoms with van der Waals surface area (Å²) in [5, 5.41) is 17.4. The second-order valence-electron chi connectivity index (χ2n) is 8.21. The summed E-state index contributed by atoms with van der Waals surface area (Å²) >= 11 is 0.